The van der Waals surface area contributed by atoms with E-state index in [2.05, 4.69) is 10.3 Å². The van der Waals surface area contributed by atoms with Gasteiger partial charge in [0.05, 0.1) is 5.41 Å². The van der Waals surface area contributed by atoms with Crippen molar-refractivity contribution in [2.45, 2.75) is 25.7 Å². The molecule has 5 nitrogen and oxygen atoms in total. The standard InChI is InChI=1S/C13H26N4O.HI/c1-14-12(17(4)5)15-10-13(8-6-7-9-13)11(18)16(2)3;/h6-10H2,1-5H3,(H,14,15);1H. The van der Waals surface area contributed by atoms with Crippen LogP contribution in [-0.2, 0) is 4.79 Å². The van der Waals surface area contributed by atoms with Gasteiger partial charge in [0.2, 0.25) is 5.91 Å². The highest BCUT2D eigenvalue weighted by Crippen LogP contribution is 2.38. The van der Waals surface area contributed by atoms with Gasteiger partial charge in [0.1, 0.15) is 0 Å². The van der Waals surface area contributed by atoms with E-state index >= 15 is 0 Å². The predicted molar refractivity (Wildman–Crippen MR) is 90.1 cm³/mol. The SMILES string of the molecule is CN=C(NCC1(C(=O)N(C)C)CCCC1)N(C)C.I. The van der Waals surface area contributed by atoms with Crippen molar-refractivity contribution in [1.82, 2.24) is 15.1 Å². The van der Waals surface area contributed by atoms with Crippen molar-refractivity contribution in [3.8, 4) is 0 Å². The molecule has 1 aliphatic carbocycles. The van der Waals surface area contributed by atoms with Crippen molar-refractivity contribution in [3.05, 3.63) is 0 Å². The van der Waals surface area contributed by atoms with Gasteiger partial charge in [-0.15, -0.1) is 24.0 Å². The topological polar surface area (TPSA) is 47.9 Å². The second kappa shape index (κ2) is 7.91. The highest BCUT2D eigenvalue weighted by Gasteiger charge is 2.42. The smallest absolute Gasteiger partial charge is 0.230 e. The Labute approximate surface area is 133 Å². The Balaban J connectivity index is 0.00000324. The lowest BCUT2D eigenvalue weighted by Gasteiger charge is -2.32. The van der Waals surface area contributed by atoms with Crippen LogP contribution in [0.2, 0.25) is 0 Å². The van der Waals surface area contributed by atoms with Crippen molar-refractivity contribution in [2.75, 3.05) is 41.8 Å². The molecule has 0 aliphatic heterocycles. The van der Waals surface area contributed by atoms with E-state index in [9.17, 15) is 4.79 Å². The van der Waals surface area contributed by atoms with Gasteiger partial charge in [-0.1, -0.05) is 12.8 Å². The minimum Gasteiger partial charge on any atom is -0.355 e. The molecule has 0 atom stereocenters. The summed E-state index contributed by atoms with van der Waals surface area (Å²) < 4.78 is 0. The average molecular weight is 382 g/mol. The monoisotopic (exact) mass is 382 g/mol. The average Bonchev–Trinajstić information content (AvgIpc) is 2.78. The molecule has 1 saturated carbocycles. The maximum absolute atomic E-state index is 12.4. The van der Waals surface area contributed by atoms with Gasteiger partial charge in [-0.25, -0.2) is 0 Å². The molecular weight excluding hydrogens is 355 g/mol. The minimum atomic E-state index is -0.241. The summed E-state index contributed by atoms with van der Waals surface area (Å²) in [6, 6.07) is 0. The number of carbonyl (C=O) groups is 1. The van der Waals surface area contributed by atoms with Gasteiger partial charge in [0, 0.05) is 41.8 Å². The number of carbonyl (C=O) groups excluding carboxylic acids is 1. The highest BCUT2D eigenvalue weighted by atomic mass is 127. The Morgan fingerprint density at radius 2 is 1.68 bits per heavy atom. The maximum Gasteiger partial charge on any atom is 0.230 e. The number of nitrogens with zero attached hydrogens (tertiary/aromatic N) is 3. The molecule has 1 N–H and O–H groups in total. The number of halogens is 1. The number of hydrogen-bond donors (Lipinski definition) is 1. The first-order valence-corrected chi connectivity index (χ1v) is 6.53. The van der Waals surface area contributed by atoms with Gasteiger partial charge in [-0.3, -0.25) is 9.79 Å². The van der Waals surface area contributed by atoms with E-state index in [1.165, 1.54) is 0 Å². The third-order valence-corrected chi connectivity index (χ3v) is 3.64. The molecule has 1 rings (SSSR count). The lowest BCUT2D eigenvalue weighted by Crippen LogP contribution is -2.48. The summed E-state index contributed by atoms with van der Waals surface area (Å²) in [5.41, 5.74) is -0.241. The summed E-state index contributed by atoms with van der Waals surface area (Å²) in [7, 11) is 9.33. The summed E-state index contributed by atoms with van der Waals surface area (Å²) >= 11 is 0. The lowest BCUT2D eigenvalue weighted by atomic mass is 9.84. The molecule has 0 radical (unpaired) electrons. The highest BCUT2D eigenvalue weighted by molar-refractivity contribution is 14.0. The Morgan fingerprint density at radius 3 is 2.05 bits per heavy atom. The molecule has 6 heteroatoms. The van der Waals surface area contributed by atoms with Crippen LogP contribution in [0.5, 0.6) is 0 Å². The van der Waals surface area contributed by atoms with Gasteiger partial charge in [-0.2, -0.15) is 0 Å². The first-order valence-electron chi connectivity index (χ1n) is 6.53. The Kier molecular flexibility index (Phi) is 7.69. The Hall–Kier alpha value is -0.530. The van der Waals surface area contributed by atoms with Gasteiger partial charge in [0.25, 0.3) is 0 Å². The minimum absolute atomic E-state index is 0. The van der Waals surface area contributed by atoms with E-state index in [1.54, 1.807) is 11.9 Å². The summed E-state index contributed by atoms with van der Waals surface area (Å²) in [6.07, 6.45) is 4.23. The molecule has 19 heavy (non-hydrogen) atoms. The van der Waals surface area contributed by atoms with Crippen LogP contribution >= 0.6 is 24.0 Å². The van der Waals surface area contributed by atoms with Crippen LogP contribution in [0.3, 0.4) is 0 Å². The molecule has 0 aromatic rings. The largest absolute Gasteiger partial charge is 0.355 e. The van der Waals surface area contributed by atoms with Crippen LogP contribution in [0.4, 0.5) is 0 Å². The zero-order valence-electron chi connectivity index (χ0n) is 12.7. The Bertz CT molecular complexity index is 323. The van der Waals surface area contributed by atoms with E-state index in [0.717, 1.165) is 31.6 Å². The third kappa shape index (κ3) is 4.50. The molecule has 1 amide bonds. The summed E-state index contributed by atoms with van der Waals surface area (Å²) in [5.74, 6) is 1.06. The number of aliphatic imine (C=N–C) groups is 1. The molecule has 0 saturated heterocycles. The van der Waals surface area contributed by atoms with Crippen molar-refractivity contribution < 1.29 is 4.79 Å². The normalized spacial score (nSPS) is 17.6. The number of nitrogens with one attached hydrogen (secondary N) is 1. The Morgan fingerprint density at radius 1 is 1.16 bits per heavy atom. The van der Waals surface area contributed by atoms with Crippen LogP contribution < -0.4 is 5.32 Å². The maximum atomic E-state index is 12.4. The van der Waals surface area contributed by atoms with E-state index in [0.29, 0.717) is 6.54 Å². The summed E-state index contributed by atoms with van der Waals surface area (Å²) in [5, 5.41) is 3.32. The first-order chi connectivity index (χ1) is 8.43. The zero-order chi connectivity index (χ0) is 13.8. The number of hydrogen-bond acceptors (Lipinski definition) is 2. The summed E-state index contributed by atoms with van der Waals surface area (Å²) in [4.78, 5) is 20.2. The molecule has 0 aromatic carbocycles. The molecule has 0 bridgehead atoms. The fourth-order valence-corrected chi connectivity index (χ4v) is 2.68. The fraction of sp³-hybridized carbons (Fsp3) is 0.846. The van der Waals surface area contributed by atoms with Crippen LogP contribution in [0.1, 0.15) is 25.7 Å². The molecule has 0 unspecified atom stereocenters. The summed E-state index contributed by atoms with van der Waals surface area (Å²) in [6.45, 7) is 0.675. The molecular formula is C13H27IN4O. The molecule has 0 aromatic heterocycles. The quantitative estimate of drug-likeness (QED) is 0.456. The number of guanidine groups is 1. The molecule has 0 heterocycles. The third-order valence-electron chi connectivity index (χ3n) is 3.64. The second-order valence-corrected chi connectivity index (χ2v) is 5.48. The number of amides is 1. The van der Waals surface area contributed by atoms with E-state index in [4.69, 9.17) is 0 Å². The lowest BCUT2D eigenvalue weighted by molar-refractivity contribution is -0.138. The van der Waals surface area contributed by atoms with Gasteiger partial charge in [-0.05, 0) is 12.8 Å². The van der Waals surface area contributed by atoms with E-state index in [-0.39, 0.29) is 35.3 Å². The van der Waals surface area contributed by atoms with Crippen LogP contribution in [0.25, 0.3) is 0 Å². The van der Waals surface area contributed by atoms with Gasteiger partial charge < -0.3 is 15.1 Å². The van der Waals surface area contributed by atoms with Crippen LogP contribution in [0, 0.1) is 5.41 Å². The van der Waals surface area contributed by atoms with Crippen molar-refractivity contribution in [3.63, 3.8) is 0 Å². The van der Waals surface area contributed by atoms with E-state index in [1.807, 2.05) is 33.1 Å². The van der Waals surface area contributed by atoms with Crippen molar-refractivity contribution in [1.29, 1.82) is 0 Å². The molecule has 0 spiro atoms. The van der Waals surface area contributed by atoms with E-state index < -0.39 is 0 Å². The number of rotatable bonds is 3. The molecule has 1 fully saturated rings. The molecule has 1 aliphatic rings. The molecule has 112 valence electrons. The zero-order valence-corrected chi connectivity index (χ0v) is 15.0. The van der Waals surface area contributed by atoms with Gasteiger partial charge in [0.15, 0.2) is 5.96 Å². The van der Waals surface area contributed by atoms with Crippen LogP contribution in [0.15, 0.2) is 4.99 Å². The second-order valence-electron chi connectivity index (χ2n) is 5.48. The first kappa shape index (κ1) is 18.5. The predicted octanol–water partition coefficient (Wildman–Crippen LogP) is 1.39. The van der Waals surface area contributed by atoms with Crippen LogP contribution in [-0.4, -0.2) is 63.4 Å². The fourth-order valence-electron chi connectivity index (χ4n) is 2.68. The van der Waals surface area contributed by atoms with Crippen molar-refractivity contribution >= 4 is 35.8 Å². The van der Waals surface area contributed by atoms with Crippen molar-refractivity contribution in [2.24, 2.45) is 10.4 Å². The van der Waals surface area contributed by atoms with Gasteiger partial charge >= 0.3 is 0 Å².